The molecule has 2 saturated carbocycles. The number of methoxy groups -OCH3 is 1. The Morgan fingerprint density at radius 2 is 1.62 bits per heavy atom. The molecule has 2 rings (SSSR count). The fraction of sp³-hybridized carbons (Fsp3) is 0.900. The van der Waals surface area contributed by atoms with E-state index in [1.165, 1.54) is 20.0 Å². The Kier molecular flexibility index (Phi) is 1.88. The fourth-order valence-electron chi connectivity index (χ4n) is 2.31. The van der Waals surface area contributed by atoms with Crippen LogP contribution < -0.4 is 5.73 Å². The van der Waals surface area contributed by atoms with Crippen LogP contribution in [0.1, 0.15) is 38.5 Å². The number of carbonyl (C=O) groups is 1. The molecule has 0 aromatic heterocycles. The van der Waals surface area contributed by atoms with Crippen LogP contribution in [0.2, 0.25) is 0 Å². The number of esters is 1. The molecule has 0 aliphatic heterocycles. The van der Waals surface area contributed by atoms with Crippen molar-refractivity contribution >= 4 is 5.97 Å². The summed E-state index contributed by atoms with van der Waals surface area (Å²) in [5, 5.41) is 0. The van der Waals surface area contributed by atoms with E-state index in [2.05, 4.69) is 0 Å². The van der Waals surface area contributed by atoms with E-state index < -0.39 is 5.54 Å². The fourth-order valence-corrected chi connectivity index (χ4v) is 2.31. The summed E-state index contributed by atoms with van der Waals surface area (Å²) in [6.07, 6.45) is 6.51. The largest absolute Gasteiger partial charge is 0.468 e. The molecule has 3 heteroatoms. The average Bonchev–Trinajstić information content (AvgIpc) is 2.90. The molecule has 2 aliphatic rings. The lowest BCUT2D eigenvalue weighted by atomic mass is 9.75. The van der Waals surface area contributed by atoms with Gasteiger partial charge in [-0.25, -0.2) is 0 Å². The van der Waals surface area contributed by atoms with Crippen molar-refractivity contribution in [3.05, 3.63) is 0 Å². The molecule has 0 atom stereocenters. The molecule has 74 valence electrons. The van der Waals surface area contributed by atoms with Gasteiger partial charge in [-0.05, 0) is 43.9 Å². The molecule has 0 aromatic rings. The SMILES string of the molecule is COC(=O)C1(N)CCC2(CC2)CC1. The van der Waals surface area contributed by atoms with E-state index in [-0.39, 0.29) is 5.97 Å². The second-order valence-electron chi connectivity index (χ2n) is 4.65. The van der Waals surface area contributed by atoms with Crippen molar-refractivity contribution < 1.29 is 9.53 Å². The summed E-state index contributed by atoms with van der Waals surface area (Å²) in [5.74, 6) is -0.233. The van der Waals surface area contributed by atoms with Gasteiger partial charge in [0.25, 0.3) is 0 Å². The molecule has 0 saturated heterocycles. The van der Waals surface area contributed by atoms with Crippen LogP contribution in [0.5, 0.6) is 0 Å². The Morgan fingerprint density at radius 1 is 1.15 bits per heavy atom. The lowest BCUT2D eigenvalue weighted by Gasteiger charge is -2.34. The monoisotopic (exact) mass is 183 g/mol. The topological polar surface area (TPSA) is 52.3 Å². The van der Waals surface area contributed by atoms with E-state index in [9.17, 15) is 4.79 Å². The molecule has 0 amide bonds. The number of carbonyl (C=O) groups excluding carboxylic acids is 1. The third-order valence-electron chi connectivity index (χ3n) is 3.75. The van der Waals surface area contributed by atoms with E-state index in [0.29, 0.717) is 5.41 Å². The molecule has 2 fully saturated rings. The van der Waals surface area contributed by atoms with E-state index in [0.717, 1.165) is 25.7 Å². The van der Waals surface area contributed by atoms with Crippen LogP contribution in [0.3, 0.4) is 0 Å². The van der Waals surface area contributed by atoms with Crippen molar-refractivity contribution in [2.75, 3.05) is 7.11 Å². The maximum Gasteiger partial charge on any atom is 0.325 e. The number of hydrogen-bond donors (Lipinski definition) is 1. The quantitative estimate of drug-likeness (QED) is 0.622. The molecule has 3 nitrogen and oxygen atoms in total. The van der Waals surface area contributed by atoms with Gasteiger partial charge in [-0.2, -0.15) is 0 Å². The zero-order valence-electron chi connectivity index (χ0n) is 8.14. The summed E-state index contributed by atoms with van der Waals surface area (Å²) in [5.41, 5.74) is 5.89. The predicted octanol–water partition coefficient (Wildman–Crippen LogP) is 1.21. The highest BCUT2D eigenvalue weighted by Crippen LogP contribution is 2.57. The molecule has 0 aromatic carbocycles. The lowest BCUT2D eigenvalue weighted by Crippen LogP contribution is -2.51. The van der Waals surface area contributed by atoms with Crippen molar-refractivity contribution in [1.82, 2.24) is 0 Å². The highest BCUT2D eigenvalue weighted by atomic mass is 16.5. The lowest BCUT2D eigenvalue weighted by molar-refractivity contribution is -0.148. The van der Waals surface area contributed by atoms with Crippen molar-refractivity contribution in [2.45, 2.75) is 44.1 Å². The van der Waals surface area contributed by atoms with Gasteiger partial charge in [0.1, 0.15) is 5.54 Å². The summed E-state index contributed by atoms with van der Waals surface area (Å²) in [7, 11) is 1.42. The summed E-state index contributed by atoms with van der Waals surface area (Å²) < 4.78 is 4.72. The van der Waals surface area contributed by atoms with Crippen molar-refractivity contribution in [3.8, 4) is 0 Å². The third-order valence-corrected chi connectivity index (χ3v) is 3.75. The highest BCUT2D eigenvalue weighted by molar-refractivity contribution is 5.80. The van der Waals surface area contributed by atoms with Crippen LogP contribution in [-0.2, 0) is 9.53 Å². The molecule has 13 heavy (non-hydrogen) atoms. The van der Waals surface area contributed by atoms with Crippen molar-refractivity contribution in [3.63, 3.8) is 0 Å². The van der Waals surface area contributed by atoms with Crippen LogP contribution in [0, 0.1) is 5.41 Å². The Morgan fingerprint density at radius 3 is 2.00 bits per heavy atom. The first-order chi connectivity index (χ1) is 6.10. The van der Waals surface area contributed by atoms with Gasteiger partial charge in [-0.1, -0.05) is 0 Å². The first-order valence-electron chi connectivity index (χ1n) is 4.98. The number of nitrogens with two attached hydrogens (primary N) is 1. The number of rotatable bonds is 1. The average molecular weight is 183 g/mol. The van der Waals surface area contributed by atoms with Gasteiger partial charge in [-0.15, -0.1) is 0 Å². The maximum atomic E-state index is 11.4. The minimum absolute atomic E-state index is 0.233. The highest BCUT2D eigenvalue weighted by Gasteiger charge is 2.50. The number of hydrogen-bond acceptors (Lipinski definition) is 3. The first kappa shape index (κ1) is 9.00. The summed E-state index contributed by atoms with van der Waals surface area (Å²) in [6, 6.07) is 0. The molecule has 0 heterocycles. The van der Waals surface area contributed by atoms with E-state index in [4.69, 9.17) is 10.5 Å². The molecule has 0 radical (unpaired) electrons. The van der Waals surface area contributed by atoms with Gasteiger partial charge in [-0.3, -0.25) is 4.79 Å². The Bertz CT molecular complexity index is 223. The van der Waals surface area contributed by atoms with E-state index in [1.807, 2.05) is 0 Å². The van der Waals surface area contributed by atoms with Crippen LogP contribution in [0.4, 0.5) is 0 Å². The minimum atomic E-state index is -0.678. The van der Waals surface area contributed by atoms with Gasteiger partial charge < -0.3 is 10.5 Å². The molecule has 1 spiro atoms. The zero-order chi connectivity index (χ0) is 9.53. The predicted molar refractivity (Wildman–Crippen MR) is 49.1 cm³/mol. The molecule has 2 N–H and O–H groups in total. The van der Waals surface area contributed by atoms with E-state index in [1.54, 1.807) is 0 Å². The van der Waals surface area contributed by atoms with Gasteiger partial charge in [0.2, 0.25) is 0 Å². The van der Waals surface area contributed by atoms with Gasteiger partial charge >= 0.3 is 5.97 Å². The van der Waals surface area contributed by atoms with Crippen molar-refractivity contribution in [2.24, 2.45) is 11.1 Å². The minimum Gasteiger partial charge on any atom is -0.468 e. The summed E-state index contributed by atoms with van der Waals surface area (Å²) in [4.78, 5) is 11.4. The van der Waals surface area contributed by atoms with Crippen molar-refractivity contribution in [1.29, 1.82) is 0 Å². The summed E-state index contributed by atoms with van der Waals surface area (Å²) >= 11 is 0. The Hall–Kier alpha value is -0.570. The smallest absolute Gasteiger partial charge is 0.325 e. The molecule has 0 bridgehead atoms. The first-order valence-corrected chi connectivity index (χ1v) is 4.98. The second kappa shape index (κ2) is 2.71. The molecule has 2 aliphatic carbocycles. The molecular weight excluding hydrogens is 166 g/mol. The molecule has 0 unspecified atom stereocenters. The summed E-state index contributed by atoms with van der Waals surface area (Å²) in [6.45, 7) is 0. The van der Waals surface area contributed by atoms with Crippen LogP contribution >= 0.6 is 0 Å². The van der Waals surface area contributed by atoms with E-state index >= 15 is 0 Å². The van der Waals surface area contributed by atoms with Gasteiger partial charge in [0.05, 0.1) is 7.11 Å². The Balaban J connectivity index is 1.98. The van der Waals surface area contributed by atoms with Gasteiger partial charge in [0.15, 0.2) is 0 Å². The van der Waals surface area contributed by atoms with Crippen LogP contribution in [-0.4, -0.2) is 18.6 Å². The standard InChI is InChI=1S/C10H17NO2/c1-13-8(12)10(11)6-4-9(2-3-9)5-7-10/h2-7,11H2,1H3. The van der Waals surface area contributed by atoms with Crippen LogP contribution in [0.15, 0.2) is 0 Å². The maximum absolute atomic E-state index is 11.4. The third kappa shape index (κ3) is 1.46. The second-order valence-corrected chi connectivity index (χ2v) is 4.65. The van der Waals surface area contributed by atoms with Gasteiger partial charge in [0, 0.05) is 0 Å². The normalized spacial score (nSPS) is 28.5. The zero-order valence-corrected chi connectivity index (χ0v) is 8.14. The number of ether oxygens (including phenoxy) is 1. The Labute approximate surface area is 78.6 Å². The molecular formula is C10H17NO2. The van der Waals surface area contributed by atoms with Crippen LogP contribution in [0.25, 0.3) is 0 Å².